The van der Waals surface area contributed by atoms with Gasteiger partial charge in [0.2, 0.25) is 0 Å². The van der Waals surface area contributed by atoms with Crippen LogP contribution in [-0.4, -0.2) is 9.97 Å². The molecule has 4 heteroatoms. The summed E-state index contributed by atoms with van der Waals surface area (Å²) in [6.07, 6.45) is 0. The van der Waals surface area contributed by atoms with Crippen LogP contribution in [0, 0.1) is 0 Å². The summed E-state index contributed by atoms with van der Waals surface area (Å²) in [6.45, 7) is 0. The first-order valence-corrected chi connectivity index (χ1v) is 22.3. The normalized spacial score (nSPS) is 11.6. The van der Waals surface area contributed by atoms with Crippen LogP contribution < -0.4 is 0 Å². The van der Waals surface area contributed by atoms with Crippen LogP contribution in [0.25, 0.3) is 133 Å². The van der Waals surface area contributed by atoms with Crippen molar-refractivity contribution in [1.82, 2.24) is 9.97 Å². The predicted molar refractivity (Wildman–Crippen MR) is 272 cm³/mol. The average Bonchev–Trinajstić information content (AvgIpc) is 3.97. The number of furan rings is 2. The topological polar surface area (TPSA) is 52.1 Å². The average molecular weight is 843 g/mol. The zero-order valence-corrected chi connectivity index (χ0v) is 35.7. The van der Waals surface area contributed by atoms with Gasteiger partial charge in [0.25, 0.3) is 0 Å². The molecule has 0 fully saturated rings. The van der Waals surface area contributed by atoms with Crippen molar-refractivity contribution in [2.45, 2.75) is 0 Å². The van der Waals surface area contributed by atoms with Crippen molar-refractivity contribution in [2.75, 3.05) is 0 Å². The van der Waals surface area contributed by atoms with Gasteiger partial charge in [-0.1, -0.05) is 194 Å². The fourth-order valence-corrected chi connectivity index (χ4v) is 9.97. The Morgan fingerprint density at radius 2 is 0.727 bits per heavy atom. The second kappa shape index (κ2) is 15.4. The van der Waals surface area contributed by atoms with E-state index < -0.39 is 0 Å². The van der Waals surface area contributed by atoms with E-state index in [1.807, 2.05) is 24.3 Å². The minimum Gasteiger partial charge on any atom is -0.455 e. The Labute approximate surface area is 380 Å². The van der Waals surface area contributed by atoms with Crippen molar-refractivity contribution >= 4 is 54.6 Å². The molecule has 66 heavy (non-hydrogen) atoms. The standard InChI is InChI=1S/C62H38N2O2/c1-3-18-39(19-4-1)43-25-9-10-28-47(43)59-53(37-36-48(58(59)41-21-5-2-6-22-41)44-29-15-23-40-20-7-8-24-42(40)44)62-63-54(51-32-16-30-49-45-26-11-13-34-56(45)65-60(49)51)38-55(64-62)52-33-17-31-50-46-27-12-14-35-57(46)66-61(50)52/h1-38H. The molecule has 0 radical (unpaired) electrons. The summed E-state index contributed by atoms with van der Waals surface area (Å²) in [7, 11) is 0. The van der Waals surface area contributed by atoms with Gasteiger partial charge < -0.3 is 8.83 Å². The van der Waals surface area contributed by atoms with Crippen molar-refractivity contribution in [1.29, 1.82) is 0 Å². The lowest BCUT2D eigenvalue weighted by Crippen LogP contribution is -2.01. The van der Waals surface area contributed by atoms with E-state index in [0.29, 0.717) is 5.82 Å². The molecule has 0 aliphatic heterocycles. The third-order valence-electron chi connectivity index (χ3n) is 13.0. The highest BCUT2D eigenvalue weighted by Crippen LogP contribution is 2.49. The third kappa shape index (κ3) is 6.15. The smallest absolute Gasteiger partial charge is 0.161 e. The van der Waals surface area contributed by atoms with Crippen molar-refractivity contribution in [3.8, 4) is 78.4 Å². The molecule has 13 rings (SSSR count). The van der Waals surface area contributed by atoms with Gasteiger partial charge in [0, 0.05) is 43.8 Å². The number of rotatable bonds is 7. The molecule has 0 bridgehead atoms. The number of hydrogen-bond donors (Lipinski definition) is 0. The van der Waals surface area contributed by atoms with Crippen LogP contribution in [0.2, 0.25) is 0 Å². The van der Waals surface area contributed by atoms with Gasteiger partial charge in [0.15, 0.2) is 5.82 Å². The summed E-state index contributed by atoms with van der Waals surface area (Å²) in [5.41, 5.74) is 16.2. The summed E-state index contributed by atoms with van der Waals surface area (Å²) >= 11 is 0. The highest BCUT2D eigenvalue weighted by molar-refractivity contribution is 6.12. The molecule has 0 saturated heterocycles. The first-order valence-electron chi connectivity index (χ1n) is 22.3. The predicted octanol–water partition coefficient (Wildman–Crippen LogP) is 17.1. The van der Waals surface area contributed by atoms with Crippen LogP contribution in [0.4, 0.5) is 0 Å². The molecule has 0 N–H and O–H groups in total. The summed E-state index contributed by atoms with van der Waals surface area (Å²) in [5, 5.41) is 6.56. The van der Waals surface area contributed by atoms with Gasteiger partial charge in [-0.05, 0) is 86.1 Å². The Balaban J connectivity index is 1.17. The van der Waals surface area contributed by atoms with Crippen LogP contribution in [-0.2, 0) is 0 Å². The molecule has 13 aromatic rings. The van der Waals surface area contributed by atoms with Crippen LogP contribution >= 0.6 is 0 Å². The molecule has 0 amide bonds. The van der Waals surface area contributed by atoms with Crippen molar-refractivity contribution < 1.29 is 8.83 Å². The number of hydrogen-bond acceptors (Lipinski definition) is 4. The monoisotopic (exact) mass is 842 g/mol. The lowest BCUT2D eigenvalue weighted by atomic mass is 9.81. The molecule has 10 aromatic carbocycles. The maximum Gasteiger partial charge on any atom is 0.161 e. The summed E-state index contributed by atoms with van der Waals surface area (Å²) in [6, 6.07) is 81.0. The SMILES string of the molecule is c1ccc(-c2ccccc2-c2c(-c3nc(-c4cccc5c4oc4ccccc45)cc(-c4cccc5c4oc4ccccc45)n3)ccc(-c3cccc4ccccc34)c2-c2ccccc2)cc1. The van der Waals surface area contributed by atoms with Crippen LogP contribution in [0.5, 0.6) is 0 Å². The molecule has 0 aliphatic rings. The summed E-state index contributed by atoms with van der Waals surface area (Å²) in [4.78, 5) is 11.2. The number of para-hydroxylation sites is 4. The minimum absolute atomic E-state index is 0.586. The molecule has 0 spiro atoms. The summed E-state index contributed by atoms with van der Waals surface area (Å²) < 4.78 is 13.4. The first kappa shape index (κ1) is 37.7. The molecule has 308 valence electrons. The van der Waals surface area contributed by atoms with Crippen LogP contribution in [0.3, 0.4) is 0 Å². The minimum atomic E-state index is 0.586. The zero-order valence-electron chi connectivity index (χ0n) is 35.7. The number of fused-ring (bicyclic) bond motifs is 7. The first-order chi connectivity index (χ1) is 32.7. The van der Waals surface area contributed by atoms with Crippen LogP contribution in [0.15, 0.2) is 239 Å². The molecular formula is C62H38N2O2. The Hall–Kier alpha value is -8.86. The second-order valence-electron chi connectivity index (χ2n) is 16.7. The molecule has 4 nitrogen and oxygen atoms in total. The molecule has 3 heterocycles. The molecule has 3 aromatic heterocycles. The quantitative estimate of drug-likeness (QED) is 0.160. The second-order valence-corrected chi connectivity index (χ2v) is 16.7. The molecular weight excluding hydrogens is 805 g/mol. The lowest BCUT2D eigenvalue weighted by Gasteiger charge is -2.23. The number of nitrogens with zero attached hydrogens (tertiary/aromatic N) is 2. The Bertz CT molecular complexity index is 3860. The van der Waals surface area contributed by atoms with Crippen molar-refractivity contribution in [3.63, 3.8) is 0 Å². The maximum absolute atomic E-state index is 6.69. The van der Waals surface area contributed by atoms with Gasteiger partial charge in [-0.15, -0.1) is 0 Å². The van der Waals surface area contributed by atoms with Gasteiger partial charge in [-0.3, -0.25) is 0 Å². The lowest BCUT2D eigenvalue weighted by molar-refractivity contribution is 0.669. The highest BCUT2D eigenvalue weighted by Gasteiger charge is 2.26. The summed E-state index contributed by atoms with van der Waals surface area (Å²) in [5.74, 6) is 0.586. The van der Waals surface area contributed by atoms with E-state index in [1.54, 1.807) is 0 Å². The van der Waals surface area contributed by atoms with Crippen molar-refractivity contribution in [2.24, 2.45) is 0 Å². The Morgan fingerprint density at radius 3 is 1.38 bits per heavy atom. The van der Waals surface area contributed by atoms with Gasteiger partial charge in [-0.2, -0.15) is 0 Å². The molecule has 0 saturated carbocycles. The van der Waals surface area contributed by atoms with E-state index in [1.165, 1.54) is 10.8 Å². The van der Waals surface area contributed by atoms with E-state index in [4.69, 9.17) is 18.8 Å². The van der Waals surface area contributed by atoms with Gasteiger partial charge in [0.05, 0.1) is 11.4 Å². The maximum atomic E-state index is 6.69. The van der Waals surface area contributed by atoms with Gasteiger partial charge >= 0.3 is 0 Å². The third-order valence-corrected chi connectivity index (χ3v) is 13.0. The number of benzene rings is 10. The van der Waals surface area contributed by atoms with Crippen molar-refractivity contribution in [3.05, 3.63) is 231 Å². The van der Waals surface area contributed by atoms with E-state index in [9.17, 15) is 0 Å². The van der Waals surface area contributed by atoms with Crippen LogP contribution in [0.1, 0.15) is 0 Å². The van der Waals surface area contributed by atoms with E-state index in [2.05, 4.69) is 206 Å². The van der Waals surface area contributed by atoms with E-state index >= 15 is 0 Å². The van der Waals surface area contributed by atoms with Gasteiger partial charge in [-0.25, -0.2) is 9.97 Å². The Morgan fingerprint density at radius 1 is 0.273 bits per heavy atom. The number of aromatic nitrogens is 2. The largest absolute Gasteiger partial charge is 0.455 e. The molecule has 0 aliphatic carbocycles. The Kier molecular flexibility index (Phi) is 8.81. The molecule has 0 atom stereocenters. The van der Waals surface area contributed by atoms with Gasteiger partial charge in [0.1, 0.15) is 22.3 Å². The fourth-order valence-electron chi connectivity index (χ4n) is 9.97. The van der Waals surface area contributed by atoms with E-state index in [-0.39, 0.29) is 0 Å². The zero-order chi connectivity index (χ0) is 43.6. The molecule has 0 unspecified atom stereocenters. The highest BCUT2D eigenvalue weighted by atomic mass is 16.3. The van der Waals surface area contributed by atoms with E-state index in [0.717, 1.165) is 116 Å². The fraction of sp³-hybridized carbons (Fsp3) is 0.